The zero-order chi connectivity index (χ0) is 24.8. The Balaban J connectivity index is 1.59. The summed E-state index contributed by atoms with van der Waals surface area (Å²) in [5, 5.41) is 3.32. The van der Waals surface area contributed by atoms with E-state index < -0.39 is 17.4 Å². The minimum absolute atomic E-state index is 0.0596. The van der Waals surface area contributed by atoms with Gasteiger partial charge in [-0.1, -0.05) is 25.5 Å². The quantitative estimate of drug-likeness (QED) is 0.293. The molecule has 1 N–H and O–H groups in total. The lowest BCUT2D eigenvalue weighted by Crippen LogP contribution is -2.30. The number of anilines is 1. The summed E-state index contributed by atoms with van der Waals surface area (Å²) < 4.78 is 19.9. The van der Waals surface area contributed by atoms with Gasteiger partial charge in [0.1, 0.15) is 17.0 Å². The standard InChI is InChI=1S/C27H24FN3O4/c1-2-3-15-35-27(34)19-8-12-22(13-9-19)30-25(32)23-16-20-5-4-14-29-24(20)31(26(23)33)17-18-6-10-21(28)11-7-18/h4-14,16H,2-3,15,17H2,1H3,(H,30,32). The van der Waals surface area contributed by atoms with E-state index in [1.54, 1.807) is 54.7 Å². The SMILES string of the molecule is CCCCOC(=O)c1ccc(NC(=O)c2cc3cccnc3n(Cc3ccc(F)cc3)c2=O)cc1. The van der Waals surface area contributed by atoms with Crippen molar-refractivity contribution in [1.29, 1.82) is 0 Å². The Kier molecular flexibility index (Phi) is 7.30. The number of rotatable bonds is 8. The molecule has 4 rings (SSSR count). The Bertz CT molecular complexity index is 1410. The third-order valence-electron chi connectivity index (χ3n) is 5.46. The molecule has 0 aliphatic heterocycles. The molecular formula is C27H24FN3O4. The molecule has 0 saturated heterocycles. The predicted molar refractivity (Wildman–Crippen MR) is 131 cm³/mol. The lowest BCUT2D eigenvalue weighted by molar-refractivity contribution is 0.0499. The maximum Gasteiger partial charge on any atom is 0.338 e. The van der Waals surface area contributed by atoms with E-state index in [4.69, 9.17) is 4.74 Å². The number of hydrogen-bond acceptors (Lipinski definition) is 5. The number of amides is 1. The van der Waals surface area contributed by atoms with Gasteiger partial charge in [-0.05, 0) is 66.6 Å². The van der Waals surface area contributed by atoms with Crippen LogP contribution in [0.25, 0.3) is 11.0 Å². The highest BCUT2D eigenvalue weighted by atomic mass is 19.1. The van der Waals surface area contributed by atoms with E-state index in [-0.39, 0.29) is 17.9 Å². The zero-order valence-electron chi connectivity index (χ0n) is 19.2. The molecule has 4 aromatic rings. The topological polar surface area (TPSA) is 90.3 Å². The van der Waals surface area contributed by atoms with Crippen molar-refractivity contribution < 1.29 is 18.7 Å². The van der Waals surface area contributed by atoms with Crippen molar-refractivity contribution in [1.82, 2.24) is 9.55 Å². The number of halogens is 1. The lowest BCUT2D eigenvalue weighted by Gasteiger charge is -2.13. The van der Waals surface area contributed by atoms with Crippen LogP contribution in [0.2, 0.25) is 0 Å². The molecule has 0 atom stereocenters. The van der Waals surface area contributed by atoms with Crippen molar-refractivity contribution in [3.8, 4) is 0 Å². The largest absolute Gasteiger partial charge is 0.462 e. The maximum absolute atomic E-state index is 13.3. The van der Waals surface area contributed by atoms with Crippen molar-refractivity contribution in [2.24, 2.45) is 0 Å². The number of aromatic nitrogens is 2. The molecule has 0 spiro atoms. The average Bonchev–Trinajstić information content (AvgIpc) is 2.87. The molecule has 0 aliphatic carbocycles. The Morgan fingerprint density at radius 3 is 2.51 bits per heavy atom. The highest BCUT2D eigenvalue weighted by molar-refractivity contribution is 6.05. The van der Waals surface area contributed by atoms with E-state index in [2.05, 4.69) is 10.3 Å². The summed E-state index contributed by atoms with van der Waals surface area (Å²) in [6.45, 7) is 2.49. The number of hydrogen-bond donors (Lipinski definition) is 1. The van der Waals surface area contributed by atoms with Gasteiger partial charge >= 0.3 is 5.97 Å². The molecule has 7 nitrogen and oxygen atoms in total. The Morgan fingerprint density at radius 1 is 1.06 bits per heavy atom. The van der Waals surface area contributed by atoms with E-state index in [0.717, 1.165) is 12.8 Å². The summed E-state index contributed by atoms with van der Waals surface area (Å²) in [6, 6.07) is 17.0. The number of pyridine rings is 2. The average molecular weight is 474 g/mol. The molecule has 35 heavy (non-hydrogen) atoms. The summed E-state index contributed by atoms with van der Waals surface area (Å²) >= 11 is 0. The molecule has 2 heterocycles. The third-order valence-corrected chi connectivity index (χ3v) is 5.46. The van der Waals surface area contributed by atoms with E-state index in [9.17, 15) is 18.8 Å². The number of carbonyl (C=O) groups is 2. The van der Waals surface area contributed by atoms with E-state index in [1.165, 1.54) is 22.8 Å². The Hall–Kier alpha value is -4.33. The molecule has 0 bridgehead atoms. The van der Waals surface area contributed by atoms with Crippen molar-refractivity contribution in [2.75, 3.05) is 11.9 Å². The van der Waals surface area contributed by atoms with Gasteiger partial charge in [-0.15, -0.1) is 0 Å². The van der Waals surface area contributed by atoms with Crippen LogP contribution in [0.5, 0.6) is 0 Å². The molecule has 1 amide bonds. The second kappa shape index (κ2) is 10.7. The fourth-order valence-electron chi connectivity index (χ4n) is 3.57. The summed E-state index contributed by atoms with van der Waals surface area (Å²) in [6.07, 6.45) is 3.28. The van der Waals surface area contributed by atoms with Gasteiger partial charge in [0.15, 0.2) is 0 Å². The number of nitrogens with one attached hydrogen (secondary N) is 1. The van der Waals surface area contributed by atoms with Gasteiger partial charge in [-0.3, -0.25) is 14.2 Å². The summed E-state index contributed by atoms with van der Waals surface area (Å²) in [5.41, 5.74) is 1.34. The van der Waals surface area contributed by atoms with Gasteiger partial charge in [-0.25, -0.2) is 14.2 Å². The number of carbonyl (C=O) groups excluding carboxylic acids is 2. The van der Waals surface area contributed by atoms with Crippen LogP contribution in [0, 0.1) is 5.82 Å². The van der Waals surface area contributed by atoms with Crippen LogP contribution in [0.15, 0.2) is 77.7 Å². The minimum atomic E-state index is -0.591. The normalized spacial score (nSPS) is 10.8. The Labute approximate surface area is 201 Å². The van der Waals surface area contributed by atoms with Crippen molar-refractivity contribution in [3.63, 3.8) is 0 Å². The third kappa shape index (κ3) is 5.60. The summed E-state index contributed by atoms with van der Waals surface area (Å²) in [4.78, 5) is 42.7. The Morgan fingerprint density at radius 2 is 1.80 bits per heavy atom. The van der Waals surface area contributed by atoms with Crippen LogP contribution >= 0.6 is 0 Å². The van der Waals surface area contributed by atoms with Gasteiger partial charge in [0, 0.05) is 17.3 Å². The van der Waals surface area contributed by atoms with Crippen LogP contribution in [0.1, 0.15) is 46.0 Å². The number of nitrogens with zero attached hydrogens (tertiary/aromatic N) is 2. The first-order valence-electron chi connectivity index (χ1n) is 11.3. The highest BCUT2D eigenvalue weighted by Gasteiger charge is 2.17. The van der Waals surface area contributed by atoms with Gasteiger partial charge < -0.3 is 10.1 Å². The zero-order valence-corrected chi connectivity index (χ0v) is 19.2. The van der Waals surface area contributed by atoms with Crippen LogP contribution in [-0.4, -0.2) is 28.0 Å². The van der Waals surface area contributed by atoms with Gasteiger partial charge in [0.25, 0.3) is 11.5 Å². The first kappa shape index (κ1) is 23.8. The van der Waals surface area contributed by atoms with Crippen LogP contribution in [0.4, 0.5) is 10.1 Å². The van der Waals surface area contributed by atoms with Gasteiger partial charge in [0.05, 0.1) is 18.7 Å². The fraction of sp³-hybridized carbons (Fsp3) is 0.185. The second-order valence-electron chi connectivity index (χ2n) is 8.01. The molecule has 0 radical (unpaired) electrons. The summed E-state index contributed by atoms with van der Waals surface area (Å²) in [7, 11) is 0. The summed E-state index contributed by atoms with van der Waals surface area (Å²) in [5.74, 6) is -1.40. The number of ether oxygens (including phenoxy) is 1. The first-order chi connectivity index (χ1) is 17.0. The number of unbranched alkanes of at least 4 members (excludes halogenated alkanes) is 1. The number of fused-ring (bicyclic) bond motifs is 1. The van der Waals surface area contributed by atoms with E-state index in [0.29, 0.717) is 34.5 Å². The highest BCUT2D eigenvalue weighted by Crippen LogP contribution is 2.16. The predicted octanol–water partition coefficient (Wildman–Crippen LogP) is 4.79. The monoisotopic (exact) mass is 473 g/mol. The van der Waals surface area contributed by atoms with Gasteiger partial charge in [0.2, 0.25) is 0 Å². The van der Waals surface area contributed by atoms with Crippen LogP contribution in [-0.2, 0) is 11.3 Å². The van der Waals surface area contributed by atoms with E-state index >= 15 is 0 Å². The number of esters is 1. The van der Waals surface area contributed by atoms with E-state index in [1.807, 2.05) is 6.92 Å². The first-order valence-corrected chi connectivity index (χ1v) is 11.3. The molecule has 0 aliphatic rings. The number of benzene rings is 2. The smallest absolute Gasteiger partial charge is 0.338 e. The van der Waals surface area contributed by atoms with Crippen LogP contribution < -0.4 is 10.9 Å². The lowest BCUT2D eigenvalue weighted by atomic mass is 10.1. The van der Waals surface area contributed by atoms with Crippen molar-refractivity contribution in [3.05, 3.63) is 106 Å². The second-order valence-corrected chi connectivity index (χ2v) is 8.01. The molecule has 2 aromatic carbocycles. The molecule has 2 aromatic heterocycles. The molecule has 0 unspecified atom stereocenters. The van der Waals surface area contributed by atoms with Gasteiger partial charge in [-0.2, -0.15) is 0 Å². The molecule has 0 saturated carbocycles. The van der Waals surface area contributed by atoms with Crippen LogP contribution in [0.3, 0.4) is 0 Å². The maximum atomic E-state index is 13.3. The van der Waals surface area contributed by atoms with Crippen molar-refractivity contribution >= 4 is 28.6 Å². The molecule has 8 heteroatoms. The molecule has 178 valence electrons. The molecular weight excluding hydrogens is 449 g/mol. The molecule has 0 fully saturated rings. The van der Waals surface area contributed by atoms with Crippen molar-refractivity contribution in [2.45, 2.75) is 26.3 Å². The minimum Gasteiger partial charge on any atom is -0.462 e. The fourth-order valence-corrected chi connectivity index (χ4v) is 3.57.